The third-order valence-corrected chi connectivity index (χ3v) is 5.07. The van der Waals surface area contributed by atoms with Crippen LogP contribution < -0.4 is 20.1 Å². The fourth-order valence-corrected chi connectivity index (χ4v) is 3.37. The third-order valence-electron chi connectivity index (χ3n) is 4.21. The molecule has 0 aliphatic carbocycles. The zero-order valence-electron chi connectivity index (χ0n) is 16.6. The van der Waals surface area contributed by atoms with Crippen molar-refractivity contribution >= 4 is 23.8 Å². The van der Waals surface area contributed by atoms with E-state index in [0.717, 1.165) is 17.9 Å². The lowest BCUT2D eigenvalue weighted by Gasteiger charge is -2.33. The van der Waals surface area contributed by atoms with E-state index in [1.54, 1.807) is 31.0 Å². The van der Waals surface area contributed by atoms with Gasteiger partial charge in [0.25, 0.3) is 0 Å². The number of carbonyl (C=O) groups excluding carboxylic acids is 2. The van der Waals surface area contributed by atoms with Crippen LogP contribution in [0.4, 0.5) is 4.79 Å². The van der Waals surface area contributed by atoms with E-state index in [1.807, 2.05) is 19.9 Å². The zero-order valence-corrected chi connectivity index (χ0v) is 17.4. The highest BCUT2D eigenvalue weighted by molar-refractivity contribution is 7.99. The molecule has 0 aromatic heterocycles. The van der Waals surface area contributed by atoms with Crippen molar-refractivity contribution in [1.29, 1.82) is 0 Å². The van der Waals surface area contributed by atoms with Gasteiger partial charge < -0.3 is 24.8 Å². The number of benzene rings is 1. The number of amides is 2. The van der Waals surface area contributed by atoms with E-state index in [0.29, 0.717) is 36.0 Å². The summed E-state index contributed by atoms with van der Waals surface area (Å²) in [4.78, 5) is 24.7. The van der Waals surface area contributed by atoms with Gasteiger partial charge in [-0.25, -0.2) is 4.79 Å². The van der Waals surface area contributed by atoms with E-state index < -0.39 is 24.0 Å². The van der Waals surface area contributed by atoms with Crippen molar-refractivity contribution in [1.82, 2.24) is 10.6 Å². The number of rotatable bonds is 10. The van der Waals surface area contributed by atoms with Crippen LogP contribution in [0.1, 0.15) is 31.9 Å². The van der Waals surface area contributed by atoms with Gasteiger partial charge in [0.05, 0.1) is 19.8 Å². The molecule has 154 valence electrons. The summed E-state index contributed by atoms with van der Waals surface area (Å²) >= 11 is 1.69. The molecule has 1 fully saturated rings. The van der Waals surface area contributed by atoms with Crippen molar-refractivity contribution in [3.8, 4) is 11.5 Å². The molecule has 2 N–H and O–H groups in total. The number of esters is 1. The molecule has 1 aromatic carbocycles. The van der Waals surface area contributed by atoms with Gasteiger partial charge in [0.1, 0.15) is 12.5 Å². The Morgan fingerprint density at radius 1 is 1.25 bits per heavy atom. The molecule has 0 spiro atoms. The summed E-state index contributed by atoms with van der Waals surface area (Å²) < 4.78 is 16.5. The highest BCUT2D eigenvalue weighted by Gasteiger charge is 2.39. The molecule has 1 aliphatic rings. The second-order valence-corrected chi connectivity index (χ2v) is 7.60. The third kappa shape index (κ3) is 5.58. The van der Waals surface area contributed by atoms with Crippen LogP contribution in [0.2, 0.25) is 0 Å². The van der Waals surface area contributed by atoms with E-state index in [-0.39, 0.29) is 0 Å². The minimum atomic E-state index is -0.739. The van der Waals surface area contributed by atoms with Crippen molar-refractivity contribution in [2.24, 2.45) is 5.92 Å². The molecular formula is C20H28N2O5S. The smallest absolute Gasteiger partial charge is 0.319 e. The fourth-order valence-electron chi connectivity index (χ4n) is 2.88. The molecule has 28 heavy (non-hydrogen) atoms. The van der Waals surface area contributed by atoms with Gasteiger partial charge in [-0.2, -0.15) is 11.8 Å². The van der Waals surface area contributed by atoms with Crippen LogP contribution in [0.25, 0.3) is 0 Å². The summed E-state index contributed by atoms with van der Waals surface area (Å²) in [7, 11) is 1.55. The lowest BCUT2D eigenvalue weighted by atomic mass is 9.89. The number of hydrogen-bond donors (Lipinski definition) is 2. The van der Waals surface area contributed by atoms with E-state index in [9.17, 15) is 9.59 Å². The van der Waals surface area contributed by atoms with Crippen LogP contribution in [-0.2, 0) is 9.53 Å². The first-order chi connectivity index (χ1) is 13.5. The van der Waals surface area contributed by atoms with Gasteiger partial charge in [0.2, 0.25) is 0 Å². The first-order valence-electron chi connectivity index (χ1n) is 9.33. The lowest BCUT2D eigenvalue weighted by molar-refractivity contribution is -0.147. The minimum absolute atomic E-state index is 0.312. The summed E-state index contributed by atoms with van der Waals surface area (Å²) in [5, 5.41) is 5.37. The molecule has 1 aliphatic heterocycles. The minimum Gasteiger partial charge on any atom is -0.493 e. The standard InChI is InChI=1S/C20H28N2O5S/c1-5-9-26-15-8-7-14(12-16(15)25-4)18-17(13(3)21-20(24)22-18)19(23)27-10-11-28-6-2/h7-8,12,17-18H,3,5-6,9-11H2,1-2,4H3,(H2,21,22,24)/t17-,18-/m1/s1. The molecule has 2 atom stereocenters. The van der Waals surface area contributed by atoms with Gasteiger partial charge in [-0.1, -0.05) is 26.5 Å². The molecular weight excluding hydrogens is 380 g/mol. The van der Waals surface area contributed by atoms with E-state index in [4.69, 9.17) is 14.2 Å². The van der Waals surface area contributed by atoms with Crippen LogP contribution in [0.3, 0.4) is 0 Å². The van der Waals surface area contributed by atoms with E-state index in [1.165, 1.54) is 0 Å². The summed E-state index contributed by atoms with van der Waals surface area (Å²) in [6.07, 6.45) is 0.874. The van der Waals surface area contributed by atoms with Crippen molar-refractivity contribution in [3.05, 3.63) is 36.0 Å². The van der Waals surface area contributed by atoms with Crippen LogP contribution in [0, 0.1) is 5.92 Å². The topological polar surface area (TPSA) is 85.9 Å². The maximum Gasteiger partial charge on any atom is 0.319 e. The molecule has 2 amide bonds. The molecule has 1 heterocycles. The Hall–Kier alpha value is -2.35. The Balaban J connectivity index is 2.24. The van der Waals surface area contributed by atoms with E-state index >= 15 is 0 Å². The number of methoxy groups -OCH3 is 1. The van der Waals surface area contributed by atoms with Crippen molar-refractivity contribution < 1.29 is 23.8 Å². The zero-order chi connectivity index (χ0) is 20.5. The second kappa shape index (κ2) is 10.8. The van der Waals surface area contributed by atoms with Crippen LogP contribution in [-0.4, -0.2) is 43.8 Å². The van der Waals surface area contributed by atoms with Crippen molar-refractivity contribution in [2.75, 3.05) is 31.8 Å². The number of nitrogens with one attached hydrogen (secondary N) is 2. The van der Waals surface area contributed by atoms with E-state index in [2.05, 4.69) is 17.2 Å². The number of carbonyl (C=O) groups is 2. The number of urea groups is 1. The first kappa shape index (κ1) is 21.9. The van der Waals surface area contributed by atoms with Crippen LogP contribution in [0.15, 0.2) is 30.5 Å². The Morgan fingerprint density at radius 3 is 2.71 bits per heavy atom. The van der Waals surface area contributed by atoms with Gasteiger partial charge in [-0.15, -0.1) is 0 Å². The normalized spacial score (nSPS) is 18.8. The lowest BCUT2D eigenvalue weighted by Crippen LogP contribution is -2.51. The molecule has 1 saturated heterocycles. The molecule has 0 bridgehead atoms. The Labute approximate surface area is 170 Å². The average Bonchev–Trinajstić information content (AvgIpc) is 2.68. The summed E-state index contributed by atoms with van der Waals surface area (Å²) in [5.74, 6) is 1.67. The highest BCUT2D eigenvalue weighted by atomic mass is 32.2. The highest BCUT2D eigenvalue weighted by Crippen LogP contribution is 2.36. The fraction of sp³-hybridized carbons (Fsp3) is 0.500. The summed E-state index contributed by atoms with van der Waals surface area (Å²) in [5.41, 5.74) is 1.02. The monoisotopic (exact) mass is 408 g/mol. The number of thioether (sulfide) groups is 1. The van der Waals surface area contributed by atoms with Gasteiger partial charge in [-0.05, 0) is 29.9 Å². The maximum absolute atomic E-state index is 12.7. The van der Waals surface area contributed by atoms with Crippen molar-refractivity contribution in [3.63, 3.8) is 0 Å². The van der Waals surface area contributed by atoms with Gasteiger partial charge in [0, 0.05) is 11.4 Å². The van der Waals surface area contributed by atoms with Crippen molar-refractivity contribution in [2.45, 2.75) is 26.3 Å². The Morgan fingerprint density at radius 2 is 2.04 bits per heavy atom. The molecule has 7 nitrogen and oxygen atoms in total. The molecule has 8 heteroatoms. The summed E-state index contributed by atoms with van der Waals surface area (Å²) in [6.45, 7) is 8.81. The molecule has 0 saturated carbocycles. The predicted octanol–water partition coefficient (Wildman–Crippen LogP) is 3.26. The van der Waals surface area contributed by atoms with Gasteiger partial charge in [-0.3, -0.25) is 4.79 Å². The summed E-state index contributed by atoms with van der Waals surface area (Å²) in [6, 6.07) is 4.33. The quantitative estimate of drug-likeness (QED) is 0.457. The van der Waals surface area contributed by atoms with Gasteiger partial charge in [0.15, 0.2) is 11.5 Å². The molecule has 1 aromatic rings. The SMILES string of the molecule is C=C1NC(=O)N[C@H](c2ccc(OCCC)c(OC)c2)[C@@H]1C(=O)OCCSCC. The molecule has 0 radical (unpaired) electrons. The predicted molar refractivity (Wildman–Crippen MR) is 110 cm³/mol. The second-order valence-electron chi connectivity index (χ2n) is 6.20. The Kier molecular flexibility index (Phi) is 8.50. The largest absolute Gasteiger partial charge is 0.493 e. The Bertz CT molecular complexity index is 710. The first-order valence-corrected chi connectivity index (χ1v) is 10.5. The number of ether oxygens (including phenoxy) is 3. The average molecular weight is 409 g/mol. The molecule has 0 unspecified atom stereocenters. The van der Waals surface area contributed by atoms with Crippen LogP contribution in [0.5, 0.6) is 11.5 Å². The van der Waals surface area contributed by atoms with Gasteiger partial charge >= 0.3 is 12.0 Å². The molecule has 2 rings (SSSR count). The number of hydrogen-bond acceptors (Lipinski definition) is 6. The van der Waals surface area contributed by atoms with Crippen LogP contribution >= 0.6 is 11.8 Å². The maximum atomic E-state index is 12.7.